The highest BCUT2D eigenvalue weighted by molar-refractivity contribution is 5.99. The quantitative estimate of drug-likeness (QED) is 0.434. The fraction of sp³-hybridized carbons (Fsp3) is 0.182. The number of nitrogens with one attached hydrogen (secondary N) is 2. The third kappa shape index (κ3) is 3.73. The van der Waals surface area contributed by atoms with Gasteiger partial charge in [0.1, 0.15) is 5.69 Å². The van der Waals surface area contributed by atoms with Crippen LogP contribution >= 0.6 is 0 Å². The predicted octanol–water partition coefficient (Wildman–Crippen LogP) is 2.66. The van der Waals surface area contributed by atoms with Gasteiger partial charge >= 0.3 is 5.69 Å². The minimum absolute atomic E-state index is 0.273. The summed E-state index contributed by atoms with van der Waals surface area (Å²) in [7, 11) is 3.33. The largest absolute Gasteiger partial charge is 0.478 e. The third-order valence-corrected chi connectivity index (χ3v) is 4.93. The highest BCUT2D eigenvalue weighted by Crippen LogP contribution is 2.28. The average molecular weight is 433 g/mol. The zero-order valence-corrected chi connectivity index (χ0v) is 18.0. The molecular weight excluding hydrogens is 410 g/mol. The second-order valence-electron chi connectivity index (χ2n) is 7.05. The molecule has 2 N–H and O–H groups in total. The summed E-state index contributed by atoms with van der Waals surface area (Å²) in [5.41, 5.74) is 3.35. The number of methoxy groups -OCH3 is 1. The number of rotatable bonds is 7. The molecule has 3 heterocycles. The number of carbonyl (C=O) groups excluding carboxylic acids is 1. The molecule has 0 bridgehead atoms. The highest BCUT2D eigenvalue weighted by atomic mass is 16.5. The molecular formula is C22H23N7O3. The van der Waals surface area contributed by atoms with E-state index in [1.54, 1.807) is 59.0 Å². The minimum atomic E-state index is -0.334. The first kappa shape index (κ1) is 20.9. The standard InChI is InChI=1S/C22H23N7O3/c1-5-15-11-23-20-17(25-18-12-27(3)26-21(18)32-4)13-28(22(31)29(15)20)16-9-7-8-14(10-16)24-19(30)6-2/h6-13,25H,2,5H2,1,3-4H3,(H,24,30). The molecule has 32 heavy (non-hydrogen) atoms. The maximum absolute atomic E-state index is 13.4. The molecule has 10 nitrogen and oxygen atoms in total. The lowest BCUT2D eigenvalue weighted by atomic mass is 10.2. The Morgan fingerprint density at radius 2 is 2.09 bits per heavy atom. The van der Waals surface area contributed by atoms with E-state index in [4.69, 9.17) is 4.74 Å². The normalized spacial score (nSPS) is 10.8. The van der Waals surface area contributed by atoms with Crippen molar-refractivity contribution >= 4 is 28.6 Å². The van der Waals surface area contributed by atoms with Gasteiger partial charge in [0.05, 0.1) is 24.7 Å². The Bertz CT molecular complexity index is 1380. The van der Waals surface area contributed by atoms with E-state index in [1.165, 1.54) is 17.8 Å². The Hall–Kier alpha value is -4.34. The summed E-state index contributed by atoms with van der Waals surface area (Å²) < 4.78 is 10.0. The van der Waals surface area contributed by atoms with E-state index in [2.05, 4.69) is 27.3 Å². The summed E-state index contributed by atoms with van der Waals surface area (Å²) in [4.78, 5) is 29.6. The van der Waals surface area contributed by atoms with Crippen LogP contribution in [0, 0.1) is 0 Å². The van der Waals surface area contributed by atoms with Gasteiger partial charge in [0.2, 0.25) is 5.91 Å². The van der Waals surface area contributed by atoms with E-state index in [0.717, 1.165) is 5.69 Å². The molecule has 10 heteroatoms. The molecule has 0 atom stereocenters. The summed E-state index contributed by atoms with van der Waals surface area (Å²) >= 11 is 0. The van der Waals surface area contributed by atoms with Crippen molar-refractivity contribution < 1.29 is 9.53 Å². The maximum atomic E-state index is 13.4. The molecule has 0 fully saturated rings. The molecule has 0 saturated heterocycles. The zero-order chi connectivity index (χ0) is 22.8. The van der Waals surface area contributed by atoms with Crippen LogP contribution in [0.5, 0.6) is 5.88 Å². The fourth-order valence-electron chi connectivity index (χ4n) is 3.44. The average Bonchev–Trinajstić information content (AvgIpc) is 3.39. The summed E-state index contributed by atoms with van der Waals surface area (Å²) in [5.74, 6) is 0.0821. The summed E-state index contributed by atoms with van der Waals surface area (Å²) in [5, 5.41) is 10.3. The molecule has 1 amide bonds. The van der Waals surface area contributed by atoms with E-state index in [1.807, 2.05) is 6.92 Å². The van der Waals surface area contributed by atoms with Crippen LogP contribution in [0.25, 0.3) is 11.3 Å². The Kier molecular flexibility index (Phi) is 5.50. The molecule has 164 valence electrons. The predicted molar refractivity (Wildman–Crippen MR) is 122 cm³/mol. The first-order valence-electron chi connectivity index (χ1n) is 9.95. The van der Waals surface area contributed by atoms with Gasteiger partial charge in [0.25, 0.3) is 5.88 Å². The van der Waals surface area contributed by atoms with Crippen molar-refractivity contribution in [1.82, 2.24) is 23.7 Å². The Morgan fingerprint density at radius 1 is 1.28 bits per heavy atom. The van der Waals surface area contributed by atoms with Crippen LogP contribution in [0.2, 0.25) is 0 Å². The maximum Gasteiger partial charge on any atom is 0.338 e. The van der Waals surface area contributed by atoms with Gasteiger partial charge in [0, 0.05) is 30.8 Å². The van der Waals surface area contributed by atoms with Crippen molar-refractivity contribution in [2.24, 2.45) is 7.05 Å². The van der Waals surface area contributed by atoms with Gasteiger partial charge in [-0.1, -0.05) is 19.6 Å². The molecule has 4 rings (SSSR count). The van der Waals surface area contributed by atoms with E-state index in [9.17, 15) is 9.59 Å². The Balaban J connectivity index is 1.89. The van der Waals surface area contributed by atoms with Crippen LogP contribution in [0.4, 0.5) is 17.1 Å². The Morgan fingerprint density at radius 3 is 2.81 bits per heavy atom. The van der Waals surface area contributed by atoms with Gasteiger partial charge in [-0.25, -0.2) is 14.2 Å². The highest BCUT2D eigenvalue weighted by Gasteiger charge is 2.17. The van der Waals surface area contributed by atoms with Gasteiger partial charge in [0.15, 0.2) is 5.65 Å². The van der Waals surface area contributed by atoms with Crippen molar-refractivity contribution in [2.45, 2.75) is 13.3 Å². The molecule has 0 aliphatic rings. The van der Waals surface area contributed by atoms with Crippen LogP contribution in [0.1, 0.15) is 12.6 Å². The van der Waals surface area contributed by atoms with Crippen molar-refractivity contribution in [3.8, 4) is 11.6 Å². The van der Waals surface area contributed by atoms with Crippen molar-refractivity contribution in [3.63, 3.8) is 0 Å². The number of nitrogens with zero attached hydrogens (tertiary/aromatic N) is 5. The van der Waals surface area contributed by atoms with Gasteiger partial charge < -0.3 is 15.4 Å². The van der Waals surface area contributed by atoms with E-state index < -0.39 is 0 Å². The number of aromatic nitrogens is 5. The first-order valence-corrected chi connectivity index (χ1v) is 9.95. The van der Waals surface area contributed by atoms with Gasteiger partial charge in [-0.2, -0.15) is 0 Å². The molecule has 0 radical (unpaired) electrons. The SMILES string of the molecule is C=CC(=O)Nc1cccc(-n2cc(Nc3cn(C)nc3OC)c3ncc(CC)n3c2=O)c1. The van der Waals surface area contributed by atoms with Crippen LogP contribution in [-0.2, 0) is 18.3 Å². The van der Waals surface area contributed by atoms with E-state index >= 15 is 0 Å². The fourth-order valence-corrected chi connectivity index (χ4v) is 3.44. The van der Waals surface area contributed by atoms with E-state index in [0.29, 0.717) is 40.7 Å². The zero-order valence-electron chi connectivity index (χ0n) is 18.0. The lowest BCUT2D eigenvalue weighted by Crippen LogP contribution is -2.27. The molecule has 1 aromatic carbocycles. The Labute approximate surface area is 183 Å². The van der Waals surface area contributed by atoms with Crippen molar-refractivity contribution in [2.75, 3.05) is 17.7 Å². The second-order valence-corrected chi connectivity index (χ2v) is 7.05. The van der Waals surface area contributed by atoms with Crippen LogP contribution in [0.3, 0.4) is 0 Å². The minimum Gasteiger partial charge on any atom is -0.478 e. The first-order chi connectivity index (χ1) is 15.4. The lowest BCUT2D eigenvalue weighted by molar-refractivity contribution is -0.111. The number of carbonyl (C=O) groups is 1. The molecule has 0 spiro atoms. The molecule has 0 saturated carbocycles. The lowest BCUT2D eigenvalue weighted by Gasteiger charge is -2.14. The smallest absolute Gasteiger partial charge is 0.338 e. The number of imidazole rings is 1. The number of aryl methyl sites for hydroxylation is 2. The van der Waals surface area contributed by atoms with Crippen LogP contribution in [0.15, 0.2) is 60.3 Å². The van der Waals surface area contributed by atoms with Gasteiger partial charge in [-0.05, 0) is 30.7 Å². The number of hydrogen-bond acceptors (Lipinski definition) is 6. The van der Waals surface area contributed by atoms with E-state index in [-0.39, 0.29) is 11.6 Å². The molecule has 0 aliphatic heterocycles. The number of hydrogen-bond donors (Lipinski definition) is 2. The second kappa shape index (κ2) is 8.42. The van der Waals surface area contributed by atoms with Crippen molar-refractivity contribution in [1.29, 1.82) is 0 Å². The third-order valence-electron chi connectivity index (χ3n) is 4.93. The number of benzene rings is 1. The number of fused-ring (bicyclic) bond motifs is 1. The summed E-state index contributed by atoms with van der Waals surface area (Å²) in [6.45, 7) is 5.42. The molecule has 0 aliphatic carbocycles. The van der Waals surface area contributed by atoms with Crippen molar-refractivity contribution in [3.05, 3.63) is 71.7 Å². The molecule has 3 aromatic heterocycles. The molecule has 4 aromatic rings. The van der Waals surface area contributed by atoms with Crippen LogP contribution in [-0.4, -0.2) is 36.7 Å². The van der Waals surface area contributed by atoms with Gasteiger partial charge in [-0.15, -0.1) is 5.10 Å². The topological polar surface area (TPSA) is 107 Å². The van der Waals surface area contributed by atoms with Crippen LogP contribution < -0.4 is 21.1 Å². The van der Waals surface area contributed by atoms with Gasteiger partial charge in [-0.3, -0.25) is 14.0 Å². The number of anilines is 3. The number of amides is 1. The monoisotopic (exact) mass is 433 g/mol. The summed E-state index contributed by atoms with van der Waals surface area (Å²) in [6, 6.07) is 7.00. The summed E-state index contributed by atoms with van der Waals surface area (Å²) in [6.07, 6.45) is 6.96. The molecule has 0 unspecified atom stereocenters. The number of ether oxygens (including phenoxy) is 1.